The lowest BCUT2D eigenvalue weighted by Gasteiger charge is -2.08. The van der Waals surface area contributed by atoms with Crippen molar-refractivity contribution in [1.82, 2.24) is 9.99 Å². The molecule has 0 aliphatic rings. The van der Waals surface area contributed by atoms with E-state index in [9.17, 15) is 9.59 Å². The van der Waals surface area contributed by atoms with Gasteiger partial charge >= 0.3 is 0 Å². The average molecular weight is 368 g/mol. The fourth-order valence-corrected chi connectivity index (χ4v) is 2.55. The maximum absolute atomic E-state index is 12.0. The zero-order valence-electron chi connectivity index (χ0n) is 13.0. The normalized spacial score (nSPS) is 10.8. The summed E-state index contributed by atoms with van der Waals surface area (Å²) in [5.74, 6) is -0.203. The molecule has 0 saturated carbocycles. The molecular weight excluding hydrogens is 353 g/mol. The van der Waals surface area contributed by atoms with Crippen molar-refractivity contribution in [3.8, 4) is 5.75 Å². The van der Waals surface area contributed by atoms with Crippen LogP contribution in [0.1, 0.15) is 22.8 Å². The third-order valence-corrected chi connectivity index (χ3v) is 3.62. The first-order valence-electron chi connectivity index (χ1n) is 7.05. The Bertz CT molecular complexity index is 824. The summed E-state index contributed by atoms with van der Waals surface area (Å²) < 4.78 is 6.64. The highest BCUT2D eigenvalue weighted by atomic mass is 35.5. The zero-order chi connectivity index (χ0) is 17.7. The van der Waals surface area contributed by atoms with E-state index < -0.39 is 11.5 Å². The lowest BCUT2D eigenvalue weighted by Crippen LogP contribution is -2.29. The van der Waals surface area contributed by atoms with E-state index in [1.807, 2.05) is 6.92 Å². The second-order valence-corrected chi connectivity index (χ2v) is 5.60. The molecule has 8 heteroatoms. The van der Waals surface area contributed by atoms with Gasteiger partial charge in [-0.1, -0.05) is 23.2 Å². The Hall–Kier alpha value is -2.31. The molecule has 1 heterocycles. The van der Waals surface area contributed by atoms with Gasteiger partial charge in [-0.25, -0.2) is 5.43 Å². The average Bonchev–Trinajstić information content (AvgIpc) is 2.53. The van der Waals surface area contributed by atoms with Gasteiger partial charge in [-0.05, 0) is 36.8 Å². The van der Waals surface area contributed by atoms with Gasteiger partial charge in [-0.2, -0.15) is 5.10 Å². The number of halogens is 2. The van der Waals surface area contributed by atoms with Crippen molar-refractivity contribution in [2.75, 3.05) is 6.61 Å². The minimum Gasteiger partial charge on any atom is -0.491 e. The predicted molar refractivity (Wildman–Crippen MR) is 94.4 cm³/mol. The Morgan fingerprint density at radius 3 is 2.67 bits per heavy atom. The molecule has 1 aromatic heterocycles. The van der Waals surface area contributed by atoms with Gasteiger partial charge < -0.3 is 9.30 Å². The second-order valence-electron chi connectivity index (χ2n) is 4.78. The molecule has 0 radical (unpaired) electrons. The molecule has 0 bridgehead atoms. The number of rotatable bonds is 5. The molecule has 0 aliphatic heterocycles. The third-order valence-electron chi connectivity index (χ3n) is 3.06. The largest absolute Gasteiger partial charge is 0.491 e. The number of benzene rings is 1. The summed E-state index contributed by atoms with van der Waals surface area (Å²) in [6.07, 6.45) is 2.94. The molecule has 0 aliphatic carbocycles. The van der Waals surface area contributed by atoms with Crippen LogP contribution in [0.5, 0.6) is 5.75 Å². The van der Waals surface area contributed by atoms with Crippen LogP contribution in [-0.2, 0) is 7.05 Å². The molecule has 1 aromatic carbocycles. The van der Waals surface area contributed by atoms with E-state index in [1.54, 1.807) is 31.4 Å². The smallest absolute Gasteiger partial charge is 0.276 e. The van der Waals surface area contributed by atoms with Gasteiger partial charge in [-0.15, -0.1) is 0 Å². The van der Waals surface area contributed by atoms with Gasteiger partial charge in [-0.3, -0.25) is 9.59 Å². The van der Waals surface area contributed by atoms with Crippen LogP contribution in [0.2, 0.25) is 10.0 Å². The minimum atomic E-state index is -0.601. The summed E-state index contributed by atoms with van der Waals surface area (Å²) in [4.78, 5) is 23.8. The molecule has 6 nitrogen and oxygen atoms in total. The maximum Gasteiger partial charge on any atom is 0.276 e. The number of hydrogen-bond acceptors (Lipinski definition) is 4. The molecule has 0 atom stereocenters. The topological polar surface area (TPSA) is 72.7 Å². The predicted octanol–water partition coefficient (Wildman–Crippen LogP) is 2.85. The van der Waals surface area contributed by atoms with Crippen molar-refractivity contribution >= 4 is 35.3 Å². The molecule has 126 valence electrons. The Kier molecular flexibility index (Phi) is 6.00. The van der Waals surface area contributed by atoms with E-state index in [4.69, 9.17) is 27.9 Å². The molecule has 0 unspecified atom stereocenters. The van der Waals surface area contributed by atoms with Crippen molar-refractivity contribution in [2.24, 2.45) is 12.1 Å². The van der Waals surface area contributed by atoms with Crippen molar-refractivity contribution in [3.05, 3.63) is 62.0 Å². The first-order valence-corrected chi connectivity index (χ1v) is 7.80. The number of nitrogens with one attached hydrogen (secondary N) is 1. The quantitative estimate of drug-likeness (QED) is 0.652. The number of amides is 1. The standard InChI is InChI=1S/C16H15Cl2N3O3/c1-3-24-14-12(17)7-10(8-13(14)18)9-19-20-15(22)11-5-4-6-21(2)16(11)23/h4-9H,3H2,1-2H3,(H,20,22)/b19-9-. The summed E-state index contributed by atoms with van der Waals surface area (Å²) >= 11 is 12.2. The van der Waals surface area contributed by atoms with Crippen LogP contribution in [0.15, 0.2) is 40.4 Å². The second kappa shape index (κ2) is 7.99. The number of pyridine rings is 1. The summed E-state index contributed by atoms with van der Waals surface area (Å²) in [6, 6.07) is 6.25. The van der Waals surface area contributed by atoms with Crippen molar-refractivity contribution in [1.29, 1.82) is 0 Å². The van der Waals surface area contributed by atoms with Crippen molar-refractivity contribution < 1.29 is 9.53 Å². The van der Waals surface area contributed by atoms with Gasteiger partial charge in [0.1, 0.15) is 5.56 Å². The van der Waals surface area contributed by atoms with Gasteiger partial charge in [0.15, 0.2) is 5.75 Å². The summed E-state index contributed by atoms with van der Waals surface area (Å²) in [7, 11) is 1.56. The number of aromatic nitrogens is 1. The third kappa shape index (κ3) is 4.15. The molecule has 2 aromatic rings. The van der Waals surface area contributed by atoms with Crippen LogP contribution in [0, 0.1) is 0 Å². The van der Waals surface area contributed by atoms with Crippen LogP contribution < -0.4 is 15.7 Å². The molecule has 0 saturated heterocycles. The molecule has 1 amide bonds. The number of nitrogens with zero attached hydrogens (tertiary/aromatic N) is 2. The minimum absolute atomic E-state index is 0.0000847. The van der Waals surface area contributed by atoms with Gasteiger partial charge in [0, 0.05) is 13.2 Å². The molecular formula is C16H15Cl2N3O3. The van der Waals surface area contributed by atoms with Crippen molar-refractivity contribution in [2.45, 2.75) is 6.92 Å². The monoisotopic (exact) mass is 367 g/mol. The fourth-order valence-electron chi connectivity index (χ4n) is 1.93. The highest BCUT2D eigenvalue weighted by Crippen LogP contribution is 2.33. The van der Waals surface area contributed by atoms with Crippen LogP contribution in [0.3, 0.4) is 0 Å². The van der Waals surface area contributed by atoms with E-state index >= 15 is 0 Å². The van der Waals surface area contributed by atoms with E-state index in [0.29, 0.717) is 28.0 Å². The summed E-state index contributed by atoms with van der Waals surface area (Å²) in [5, 5.41) is 4.50. The van der Waals surface area contributed by atoms with Crippen LogP contribution in [0.25, 0.3) is 0 Å². The van der Waals surface area contributed by atoms with E-state index in [-0.39, 0.29) is 5.56 Å². The van der Waals surface area contributed by atoms with Gasteiger partial charge in [0.2, 0.25) is 0 Å². The number of carbonyl (C=O) groups is 1. The molecule has 2 rings (SSSR count). The Morgan fingerprint density at radius 2 is 2.04 bits per heavy atom. The van der Waals surface area contributed by atoms with Crippen LogP contribution in [-0.4, -0.2) is 23.3 Å². The first-order chi connectivity index (χ1) is 11.4. The van der Waals surface area contributed by atoms with Crippen LogP contribution in [0.4, 0.5) is 0 Å². The van der Waals surface area contributed by atoms with Gasteiger partial charge in [0.05, 0.1) is 22.9 Å². The van der Waals surface area contributed by atoms with E-state index in [0.717, 1.165) is 0 Å². The highest BCUT2D eigenvalue weighted by molar-refractivity contribution is 6.37. The maximum atomic E-state index is 12.0. The Balaban J connectivity index is 2.13. The van der Waals surface area contributed by atoms with E-state index in [1.165, 1.54) is 16.8 Å². The lowest BCUT2D eigenvalue weighted by molar-refractivity contribution is 0.0953. The molecule has 1 N–H and O–H groups in total. The number of carbonyl (C=O) groups excluding carboxylic acids is 1. The molecule has 0 spiro atoms. The molecule has 24 heavy (non-hydrogen) atoms. The number of aryl methyl sites for hydroxylation is 1. The Morgan fingerprint density at radius 1 is 1.38 bits per heavy atom. The SMILES string of the molecule is CCOc1c(Cl)cc(/C=N\NC(=O)c2cccn(C)c2=O)cc1Cl. The van der Waals surface area contributed by atoms with Crippen LogP contribution >= 0.6 is 23.2 Å². The number of ether oxygens (including phenoxy) is 1. The zero-order valence-corrected chi connectivity index (χ0v) is 14.6. The Labute approximate surface area is 148 Å². The van der Waals surface area contributed by atoms with Crippen molar-refractivity contribution in [3.63, 3.8) is 0 Å². The molecule has 0 fully saturated rings. The summed E-state index contributed by atoms with van der Waals surface area (Å²) in [6.45, 7) is 2.26. The lowest BCUT2D eigenvalue weighted by atomic mass is 10.2. The fraction of sp³-hybridized carbons (Fsp3) is 0.188. The number of hydrazone groups is 1. The first kappa shape index (κ1) is 18.0. The summed E-state index contributed by atoms with van der Waals surface area (Å²) in [5.41, 5.74) is 2.47. The van der Waals surface area contributed by atoms with Gasteiger partial charge in [0.25, 0.3) is 11.5 Å². The highest BCUT2D eigenvalue weighted by Gasteiger charge is 2.10. The number of hydrogen-bond donors (Lipinski definition) is 1. The van der Waals surface area contributed by atoms with E-state index in [2.05, 4.69) is 10.5 Å².